The lowest BCUT2D eigenvalue weighted by Gasteiger charge is -2.15. The molecule has 0 unspecified atom stereocenters. The van der Waals surface area contributed by atoms with Crippen LogP contribution in [0.2, 0.25) is 0 Å². The summed E-state index contributed by atoms with van der Waals surface area (Å²) in [5, 5.41) is 11.8. The number of rotatable bonds is 4. The van der Waals surface area contributed by atoms with Crippen molar-refractivity contribution in [3.8, 4) is 5.69 Å². The van der Waals surface area contributed by atoms with E-state index in [-0.39, 0.29) is 11.3 Å². The largest absolute Gasteiger partial charge is 0.309 e. The van der Waals surface area contributed by atoms with Gasteiger partial charge in [-0.15, -0.1) is 0 Å². The van der Waals surface area contributed by atoms with Crippen molar-refractivity contribution in [1.29, 1.82) is 0 Å². The molecule has 1 amide bonds. The van der Waals surface area contributed by atoms with E-state index in [1.54, 1.807) is 11.6 Å². The van der Waals surface area contributed by atoms with Crippen molar-refractivity contribution in [3.05, 3.63) is 53.7 Å². The third-order valence-electron chi connectivity index (χ3n) is 4.52. The van der Waals surface area contributed by atoms with Crippen LogP contribution in [-0.4, -0.2) is 30.5 Å². The zero-order valence-electron chi connectivity index (χ0n) is 16.7. The molecule has 2 heterocycles. The second-order valence-electron chi connectivity index (χ2n) is 7.91. The number of anilines is 1. The van der Waals surface area contributed by atoms with Gasteiger partial charge in [-0.2, -0.15) is 10.2 Å². The summed E-state index contributed by atoms with van der Waals surface area (Å²) in [6, 6.07) is 7.64. The van der Waals surface area contributed by atoms with Gasteiger partial charge in [-0.05, 0) is 32.4 Å². The molecule has 142 valence electrons. The molecule has 0 bridgehead atoms. The second-order valence-corrected chi connectivity index (χ2v) is 7.91. The third-order valence-corrected chi connectivity index (χ3v) is 4.52. The molecule has 0 saturated heterocycles. The molecule has 0 aliphatic heterocycles. The molecule has 0 aliphatic carbocycles. The minimum Gasteiger partial charge on any atom is -0.309 e. The van der Waals surface area contributed by atoms with Crippen LogP contribution in [0, 0.1) is 13.8 Å². The summed E-state index contributed by atoms with van der Waals surface area (Å²) in [6.45, 7) is 12.2. The Morgan fingerprint density at radius 1 is 1.19 bits per heavy atom. The van der Waals surface area contributed by atoms with Crippen LogP contribution >= 0.6 is 0 Å². The molecule has 1 aromatic carbocycles. The van der Waals surface area contributed by atoms with Crippen molar-refractivity contribution in [2.75, 3.05) is 5.32 Å². The standard InChI is InChI=1S/C20H26N6O/c1-13-7-8-16(14(2)9-13)26-18(10-17(24-26)20(4,5)6)23-19(27)15(3)25-12-21-11-22-25/h7-12,15H,1-6H3,(H,23,27)/t15-/m0/s1. The van der Waals surface area contributed by atoms with Crippen molar-refractivity contribution in [3.63, 3.8) is 0 Å². The minimum atomic E-state index is -0.479. The van der Waals surface area contributed by atoms with Crippen LogP contribution in [0.3, 0.4) is 0 Å². The second kappa shape index (κ2) is 6.98. The summed E-state index contributed by atoms with van der Waals surface area (Å²) in [4.78, 5) is 16.7. The van der Waals surface area contributed by atoms with Gasteiger partial charge in [0.2, 0.25) is 5.91 Å². The van der Waals surface area contributed by atoms with Crippen LogP contribution < -0.4 is 5.32 Å². The molecule has 0 fully saturated rings. The van der Waals surface area contributed by atoms with E-state index in [0.29, 0.717) is 5.82 Å². The lowest BCUT2D eigenvalue weighted by Crippen LogP contribution is -2.25. The monoisotopic (exact) mass is 366 g/mol. The van der Waals surface area contributed by atoms with Crippen molar-refractivity contribution < 1.29 is 4.79 Å². The normalized spacial score (nSPS) is 12.8. The summed E-state index contributed by atoms with van der Waals surface area (Å²) in [7, 11) is 0. The Hall–Kier alpha value is -2.96. The van der Waals surface area contributed by atoms with Crippen molar-refractivity contribution >= 4 is 11.7 Å². The Labute approximate surface area is 159 Å². The first-order chi connectivity index (χ1) is 12.7. The van der Waals surface area contributed by atoms with E-state index in [0.717, 1.165) is 16.9 Å². The number of carbonyl (C=O) groups is 1. The van der Waals surface area contributed by atoms with Gasteiger partial charge < -0.3 is 5.32 Å². The quantitative estimate of drug-likeness (QED) is 0.765. The van der Waals surface area contributed by atoms with Crippen LogP contribution in [0.5, 0.6) is 0 Å². The predicted molar refractivity (Wildman–Crippen MR) is 105 cm³/mol. The molecule has 1 N–H and O–H groups in total. The highest BCUT2D eigenvalue weighted by molar-refractivity contribution is 5.93. The van der Waals surface area contributed by atoms with Gasteiger partial charge in [0.25, 0.3) is 0 Å². The number of benzene rings is 1. The van der Waals surface area contributed by atoms with E-state index < -0.39 is 6.04 Å². The molecule has 7 heteroatoms. The number of nitrogens with one attached hydrogen (secondary N) is 1. The van der Waals surface area contributed by atoms with E-state index in [9.17, 15) is 4.79 Å². The van der Waals surface area contributed by atoms with Crippen LogP contribution in [0.1, 0.15) is 50.6 Å². The first-order valence-electron chi connectivity index (χ1n) is 9.00. The minimum absolute atomic E-state index is 0.138. The maximum absolute atomic E-state index is 12.8. The van der Waals surface area contributed by atoms with Gasteiger partial charge in [-0.25, -0.2) is 14.3 Å². The molecule has 27 heavy (non-hydrogen) atoms. The van der Waals surface area contributed by atoms with Crippen LogP contribution in [-0.2, 0) is 10.2 Å². The van der Waals surface area contributed by atoms with Gasteiger partial charge in [0.1, 0.15) is 24.5 Å². The number of nitrogens with zero attached hydrogens (tertiary/aromatic N) is 5. The van der Waals surface area contributed by atoms with Gasteiger partial charge in [-0.3, -0.25) is 4.79 Å². The number of amides is 1. The van der Waals surface area contributed by atoms with Gasteiger partial charge in [0.15, 0.2) is 0 Å². The fourth-order valence-corrected chi connectivity index (χ4v) is 2.83. The molecular weight excluding hydrogens is 340 g/mol. The molecule has 7 nitrogen and oxygen atoms in total. The number of aryl methyl sites for hydroxylation is 2. The highest BCUT2D eigenvalue weighted by Gasteiger charge is 2.24. The Kier molecular flexibility index (Phi) is 4.87. The highest BCUT2D eigenvalue weighted by Crippen LogP contribution is 2.28. The van der Waals surface area contributed by atoms with Crippen LogP contribution in [0.25, 0.3) is 5.69 Å². The topological polar surface area (TPSA) is 77.6 Å². The molecule has 0 spiro atoms. The van der Waals surface area contributed by atoms with Gasteiger partial charge >= 0.3 is 0 Å². The first kappa shape index (κ1) is 18.8. The maximum atomic E-state index is 12.8. The van der Waals surface area contributed by atoms with Gasteiger partial charge in [0, 0.05) is 11.5 Å². The molecule has 0 aliphatic rings. The summed E-state index contributed by atoms with van der Waals surface area (Å²) in [5.41, 5.74) is 4.00. The van der Waals surface area contributed by atoms with E-state index in [4.69, 9.17) is 5.10 Å². The smallest absolute Gasteiger partial charge is 0.250 e. The summed E-state index contributed by atoms with van der Waals surface area (Å²) >= 11 is 0. The van der Waals surface area contributed by atoms with E-state index in [1.807, 2.05) is 25.1 Å². The number of carbonyl (C=O) groups excluding carboxylic acids is 1. The van der Waals surface area contributed by atoms with Crippen molar-refractivity contribution in [2.24, 2.45) is 0 Å². The third kappa shape index (κ3) is 3.92. The first-order valence-corrected chi connectivity index (χ1v) is 9.00. The molecule has 1 atom stereocenters. The van der Waals surface area contributed by atoms with Crippen molar-refractivity contribution in [2.45, 2.75) is 53.0 Å². The highest BCUT2D eigenvalue weighted by atomic mass is 16.2. The van der Waals surface area contributed by atoms with E-state index in [2.05, 4.69) is 49.2 Å². The Morgan fingerprint density at radius 3 is 2.52 bits per heavy atom. The Morgan fingerprint density at radius 2 is 1.93 bits per heavy atom. The average Bonchev–Trinajstić information content (AvgIpc) is 3.23. The molecule has 0 saturated carbocycles. The van der Waals surface area contributed by atoms with Gasteiger partial charge in [0.05, 0.1) is 11.4 Å². The number of aromatic nitrogens is 5. The fourth-order valence-electron chi connectivity index (χ4n) is 2.83. The van der Waals surface area contributed by atoms with Crippen molar-refractivity contribution in [1.82, 2.24) is 24.5 Å². The lowest BCUT2D eigenvalue weighted by atomic mass is 9.92. The summed E-state index contributed by atoms with van der Waals surface area (Å²) < 4.78 is 3.33. The summed E-state index contributed by atoms with van der Waals surface area (Å²) in [6.07, 6.45) is 2.95. The zero-order valence-corrected chi connectivity index (χ0v) is 16.7. The van der Waals surface area contributed by atoms with Crippen LogP contribution in [0.4, 0.5) is 5.82 Å². The summed E-state index contributed by atoms with van der Waals surface area (Å²) in [5.74, 6) is 0.468. The predicted octanol–water partition coefficient (Wildman–Crippen LogP) is 3.58. The lowest BCUT2D eigenvalue weighted by molar-refractivity contribution is -0.119. The maximum Gasteiger partial charge on any atom is 0.250 e. The Balaban J connectivity index is 2.00. The molecule has 3 rings (SSSR count). The van der Waals surface area contributed by atoms with E-state index in [1.165, 1.54) is 22.9 Å². The molecular formula is C20H26N6O. The van der Waals surface area contributed by atoms with E-state index >= 15 is 0 Å². The molecule has 0 radical (unpaired) electrons. The van der Waals surface area contributed by atoms with Gasteiger partial charge in [-0.1, -0.05) is 38.5 Å². The number of hydrogen-bond acceptors (Lipinski definition) is 4. The fraction of sp³-hybridized carbons (Fsp3) is 0.400. The van der Waals surface area contributed by atoms with Crippen LogP contribution in [0.15, 0.2) is 36.9 Å². The average molecular weight is 366 g/mol. The Bertz CT molecular complexity index is 950. The SMILES string of the molecule is Cc1ccc(-n2nc(C(C)(C)C)cc2NC(=O)[C@H](C)n2cncn2)c(C)c1. The number of hydrogen-bond donors (Lipinski definition) is 1. The zero-order chi connectivity index (χ0) is 19.8. The molecule has 2 aromatic heterocycles. The molecule has 3 aromatic rings.